The van der Waals surface area contributed by atoms with Crippen LogP contribution in [0, 0.1) is 12.3 Å². The van der Waals surface area contributed by atoms with Crippen molar-refractivity contribution in [3.05, 3.63) is 65.7 Å². The van der Waals surface area contributed by atoms with Crippen molar-refractivity contribution in [2.24, 2.45) is 0 Å². The third-order valence-corrected chi connectivity index (χ3v) is 6.87. The van der Waals surface area contributed by atoms with Crippen LogP contribution in [0.15, 0.2) is 59.5 Å². The monoisotopic (exact) mass is 395 g/mol. The number of hydrogen-bond donors (Lipinski definition) is 0. The number of rotatable bonds is 6. The van der Waals surface area contributed by atoms with Gasteiger partial charge in [0.2, 0.25) is 0 Å². The predicted octanol–water partition coefficient (Wildman–Crippen LogP) is 4.07. The van der Waals surface area contributed by atoms with Crippen molar-refractivity contribution >= 4 is 15.7 Å². The van der Waals surface area contributed by atoms with E-state index in [4.69, 9.17) is 6.42 Å². The average Bonchev–Trinajstić information content (AvgIpc) is 2.73. The number of benzene rings is 2. The first-order chi connectivity index (χ1) is 13.5. The van der Waals surface area contributed by atoms with Gasteiger partial charge < -0.3 is 4.90 Å². The highest BCUT2D eigenvalue weighted by Gasteiger charge is 2.26. The largest absolute Gasteiger partial charge is 0.325 e. The molecule has 0 heterocycles. The first-order valence-corrected chi connectivity index (χ1v) is 11.3. The van der Waals surface area contributed by atoms with E-state index in [1.54, 1.807) is 59.5 Å². The number of carbonyl (C=O) groups excluding carboxylic acids is 1. The minimum Gasteiger partial charge on any atom is -0.325 e. The Kier molecular flexibility index (Phi) is 6.53. The molecule has 0 aliphatic heterocycles. The molecule has 3 rings (SSSR count). The smallest absolute Gasteiger partial charge is 0.254 e. The zero-order valence-corrected chi connectivity index (χ0v) is 16.7. The number of nitrogens with zero attached hydrogens (tertiary/aromatic N) is 1. The fourth-order valence-corrected chi connectivity index (χ4v) is 5.11. The van der Waals surface area contributed by atoms with E-state index >= 15 is 0 Å². The van der Waals surface area contributed by atoms with Gasteiger partial charge in [-0.15, -0.1) is 6.42 Å². The number of sulfone groups is 1. The lowest BCUT2D eigenvalue weighted by Gasteiger charge is -2.33. The number of hydrogen-bond acceptors (Lipinski definition) is 3. The molecule has 0 spiro atoms. The molecule has 1 fully saturated rings. The maximum atomic E-state index is 13.1. The standard InChI is InChI=1S/C23H25NO3S/c1-2-16-24(21-12-5-3-6-13-21)23(25)20-11-9-10-19(17-20)18-28(26,27)22-14-7-4-8-15-22/h1,4,7-11,14-15,17,21H,3,5-6,12-13,16,18H2. The average molecular weight is 396 g/mol. The van der Waals surface area contributed by atoms with Gasteiger partial charge in [0.05, 0.1) is 17.2 Å². The molecule has 0 unspecified atom stereocenters. The van der Waals surface area contributed by atoms with E-state index in [-0.39, 0.29) is 29.1 Å². The Hall–Kier alpha value is -2.58. The summed E-state index contributed by atoms with van der Waals surface area (Å²) in [4.78, 5) is 15.2. The van der Waals surface area contributed by atoms with E-state index in [2.05, 4.69) is 5.92 Å². The van der Waals surface area contributed by atoms with Crippen LogP contribution < -0.4 is 0 Å². The Labute approximate surface area is 167 Å². The second kappa shape index (κ2) is 9.07. The molecule has 0 bridgehead atoms. The molecule has 1 saturated carbocycles. The lowest BCUT2D eigenvalue weighted by atomic mass is 9.93. The molecule has 1 amide bonds. The van der Waals surface area contributed by atoms with Crippen LogP contribution in [0.4, 0.5) is 0 Å². The summed E-state index contributed by atoms with van der Waals surface area (Å²) in [5.74, 6) is 2.34. The zero-order chi connectivity index (χ0) is 20.0. The van der Waals surface area contributed by atoms with E-state index in [0.29, 0.717) is 11.1 Å². The van der Waals surface area contributed by atoms with Gasteiger partial charge in [-0.2, -0.15) is 0 Å². The highest BCUT2D eigenvalue weighted by Crippen LogP contribution is 2.24. The van der Waals surface area contributed by atoms with Gasteiger partial charge in [0.1, 0.15) is 0 Å². The van der Waals surface area contributed by atoms with Crippen molar-refractivity contribution in [2.45, 2.75) is 48.8 Å². The Bertz CT molecular complexity index is 955. The van der Waals surface area contributed by atoms with Crippen molar-refractivity contribution in [1.82, 2.24) is 4.90 Å². The van der Waals surface area contributed by atoms with Gasteiger partial charge in [-0.25, -0.2) is 8.42 Å². The van der Waals surface area contributed by atoms with Crippen molar-refractivity contribution in [1.29, 1.82) is 0 Å². The van der Waals surface area contributed by atoms with Crippen LogP contribution in [0.25, 0.3) is 0 Å². The maximum absolute atomic E-state index is 13.1. The highest BCUT2D eigenvalue weighted by molar-refractivity contribution is 7.90. The fourth-order valence-electron chi connectivity index (χ4n) is 3.75. The fraction of sp³-hybridized carbons (Fsp3) is 0.348. The third-order valence-electron chi connectivity index (χ3n) is 5.17. The van der Waals surface area contributed by atoms with Gasteiger partial charge in [0.25, 0.3) is 5.91 Å². The van der Waals surface area contributed by atoms with Crippen LogP contribution >= 0.6 is 0 Å². The van der Waals surface area contributed by atoms with E-state index < -0.39 is 9.84 Å². The second-order valence-electron chi connectivity index (χ2n) is 7.20. The molecule has 0 aromatic heterocycles. The molecule has 28 heavy (non-hydrogen) atoms. The molecule has 5 heteroatoms. The molecule has 146 valence electrons. The topological polar surface area (TPSA) is 54.5 Å². The molecule has 0 atom stereocenters. The molecule has 4 nitrogen and oxygen atoms in total. The molecular formula is C23H25NO3S. The van der Waals surface area contributed by atoms with Crippen LogP contribution in [0.5, 0.6) is 0 Å². The lowest BCUT2D eigenvalue weighted by Crippen LogP contribution is -2.41. The molecular weight excluding hydrogens is 370 g/mol. The first kappa shape index (κ1) is 20.2. The summed E-state index contributed by atoms with van der Waals surface area (Å²) in [5, 5.41) is 0. The van der Waals surface area contributed by atoms with Gasteiger partial charge in [0, 0.05) is 11.6 Å². The van der Waals surface area contributed by atoms with Gasteiger partial charge in [-0.3, -0.25) is 4.79 Å². The minimum absolute atomic E-state index is 0.121. The van der Waals surface area contributed by atoms with E-state index in [0.717, 1.165) is 25.7 Å². The summed E-state index contributed by atoms with van der Waals surface area (Å²) in [7, 11) is -3.46. The van der Waals surface area contributed by atoms with E-state index in [1.165, 1.54) is 6.42 Å². The highest BCUT2D eigenvalue weighted by atomic mass is 32.2. The Morgan fingerprint density at radius 3 is 2.43 bits per heavy atom. The molecule has 0 radical (unpaired) electrons. The molecule has 2 aromatic rings. The van der Waals surface area contributed by atoms with Crippen LogP contribution in [0.3, 0.4) is 0 Å². The zero-order valence-electron chi connectivity index (χ0n) is 15.9. The number of carbonyl (C=O) groups is 1. The quantitative estimate of drug-likeness (QED) is 0.693. The Morgan fingerprint density at radius 2 is 1.75 bits per heavy atom. The van der Waals surface area contributed by atoms with Gasteiger partial charge in [-0.1, -0.05) is 55.5 Å². The van der Waals surface area contributed by atoms with Gasteiger partial charge in [0.15, 0.2) is 9.84 Å². The summed E-state index contributed by atoms with van der Waals surface area (Å²) in [6.45, 7) is 0.274. The third kappa shape index (κ3) is 4.82. The maximum Gasteiger partial charge on any atom is 0.254 e. The van der Waals surface area contributed by atoms with E-state index in [1.807, 2.05) is 0 Å². The Balaban J connectivity index is 1.81. The van der Waals surface area contributed by atoms with Crippen molar-refractivity contribution < 1.29 is 13.2 Å². The van der Waals surface area contributed by atoms with Gasteiger partial charge in [-0.05, 0) is 42.7 Å². The van der Waals surface area contributed by atoms with Gasteiger partial charge >= 0.3 is 0 Å². The summed E-state index contributed by atoms with van der Waals surface area (Å²) in [6.07, 6.45) is 10.8. The SMILES string of the molecule is C#CCN(C(=O)c1cccc(CS(=O)(=O)c2ccccc2)c1)C1CCCCC1. The molecule has 0 N–H and O–H groups in total. The summed E-state index contributed by atoms with van der Waals surface area (Å²) in [5.41, 5.74) is 1.08. The normalized spacial score (nSPS) is 15.0. The lowest BCUT2D eigenvalue weighted by molar-refractivity contribution is 0.0667. The van der Waals surface area contributed by atoms with Crippen LogP contribution in [-0.2, 0) is 15.6 Å². The molecule has 0 saturated heterocycles. The van der Waals surface area contributed by atoms with Crippen molar-refractivity contribution in [3.8, 4) is 12.3 Å². The molecule has 1 aliphatic carbocycles. The van der Waals surface area contributed by atoms with Crippen LogP contribution in [-0.4, -0.2) is 31.8 Å². The summed E-state index contributed by atoms with van der Waals surface area (Å²) >= 11 is 0. The number of terminal acetylenes is 1. The minimum atomic E-state index is -3.46. The summed E-state index contributed by atoms with van der Waals surface area (Å²) in [6, 6.07) is 15.4. The van der Waals surface area contributed by atoms with Crippen molar-refractivity contribution in [3.63, 3.8) is 0 Å². The van der Waals surface area contributed by atoms with Crippen molar-refractivity contribution in [2.75, 3.05) is 6.54 Å². The van der Waals surface area contributed by atoms with Crippen LogP contribution in [0.2, 0.25) is 0 Å². The van der Waals surface area contributed by atoms with E-state index in [9.17, 15) is 13.2 Å². The number of amides is 1. The summed E-state index contributed by atoms with van der Waals surface area (Å²) < 4.78 is 25.3. The van der Waals surface area contributed by atoms with Crippen LogP contribution in [0.1, 0.15) is 48.0 Å². The Morgan fingerprint density at radius 1 is 1.04 bits per heavy atom. The molecule has 2 aromatic carbocycles. The molecule has 1 aliphatic rings. The second-order valence-corrected chi connectivity index (χ2v) is 9.19. The predicted molar refractivity (Wildman–Crippen MR) is 111 cm³/mol. The first-order valence-electron chi connectivity index (χ1n) is 9.62.